The van der Waals surface area contributed by atoms with Gasteiger partial charge >= 0.3 is 5.97 Å². The average Bonchev–Trinajstić information content (AvgIpc) is 2.83. The maximum absolute atomic E-state index is 10.9. The Balaban J connectivity index is 2.07. The first-order valence-corrected chi connectivity index (χ1v) is 6.91. The molecule has 1 saturated heterocycles. The predicted molar refractivity (Wildman–Crippen MR) is 72.6 cm³/mol. The first-order chi connectivity index (χ1) is 9.58. The Labute approximate surface area is 120 Å². The number of carbonyl (C=O) groups is 1. The van der Waals surface area contributed by atoms with E-state index < -0.39 is 12.1 Å². The van der Waals surface area contributed by atoms with Crippen molar-refractivity contribution in [3.8, 4) is 0 Å². The Morgan fingerprint density at radius 1 is 1.65 bits per heavy atom. The molecular weight excluding hydrogens is 280 g/mol. The zero-order valence-electron chi connectivity index (χ0n) is 11.1. The molecule has 2 heterocycles. The second-order valence-electron chi connectivity index (χ2n) is 4.27. The number of aromatic nitrogens is 1. The molecule has 1 aromatic rings. The zero-order chi connectivity index (χ0) is 14.5. The number of carbonyl (C=O) groups excluding carboxylic acids is 1. The van der Waals surface area contributed by atoms with Crippen LogP contribution in [0.4, 0.5) is 0 Å². The normalized spacial score (nSPS) is 25.8. The molecule has 7 nitrogen and oxygen atoms in total. The fourth-order valence-electron chi connectivity index (χ4n) is 1.85. The van der Waals surface area contributed by atoms with Crippen molar-refractivity contribution in [3.63, 3.8) is 0 Å². The van der Waals surface area contributed by atoms with Crippen LogP contribution in [0, 0.1) is 19.8 Å². The summed E-state index contributed by atoms with van der Waals surface area (Å²) in [6.45, 7) is 3.34. The van der Waals surface area contributed by atoms with Crippen molar-refractivity contribution in [1.29, 1.82) is 0 Å². The van der Waals surface area contributed by atoms with Gasteiger partial charge in [0, 0.05) is 36.1 Å². The van der Waals surface area contributed by atoms with E-state index in [-0.39, 0.29) is 18.7 Å². The van der Waals surface area contributed by atoms with E-state index in [2.05, 4.69) is 15.0 Å². The van der Waals surface area contributed by atoms with Crippen molar-refractivity contribution >= 4 is 17.3 Å². The van der Waals surface area contributed by atoms with E-state index >= 15 is 0 Å². The van der Waals surface area contributed by atoms with Crippen LogP contribution in [0.5, 0.6) is 0 Å². The van der Waals surface area contributed by atoms with Crippen LogP contribution in [0.2, 0.25) is 0 Å². The van der Waals surface area contributed by atoms with E-state index in [9.17, 15) is 4.79 Å². The second-order valence-corrected chi connectivity index (χ2v) is 5.33. The maximum Gasteiger partial charge on any atom is 0.302 e. The van der Waals surface area contributed by atoms with E-state index in [1.807, 2.05) is 12.3 Å². The van der Waals surface area contributed by atoms with Gasteiger partial charge in [0.2, 0.25) is 0 Å². The minimum absolute atomic E-state index is 0.0975. The Kier molecular flexibility index (Phi) is 4.94. The fraction of sp³-hybridized carbons (Fsp3) is 0.500. The molecule has 1 fully saturated rings. The molecule has 1 aliphatic heterocycles. The lowest BCUT2D eigenvalue weighted by Gasteiger charge is -2.31. The van der Waals surface area contributed by atoms with Gasteiger partial charge in [0.05, 0.1) is 16.8 Å². The summed E-state index contributed by atoms with van der Waals surface area (Å²) in [4.78, 5) is 18.0. The molecule has 0 saturated carbocycles. The van der Waals surface area contributed by atoms with Crippen LogP contribution in [0.25, 0.3) is 10.4 Å². The van der Waals surface area contributed by atoms with E-state index in [0.717, 1.165) is 10.7 Å². The fourth-order valence-corrected chi connectivity index (χ4v) is 2.49. The van der Waals surface area contributed by atoms with Gasteiger partial charge in [0.15, 0.2) is 0 Å². The molecule has 0 N–H and O–H groups in total. The van der Waals surface area contributed by atoms with E-state index in [0.29, 0.717) is 0 Å². The molecule has 0 spiro atoms. The SMILES string of the molecule is CC(=O)OCC1[CH]C(N=[N+]=[N-])[CH]C(c2csc(C)n2)O1. The molecule has 3 unspecified atom stereocenters. The largest absolute Gasteiger partial charge is 0.463 e. The number of thiazole rings is 1. The molecule has 0 amide bonds. The van der Waals surface area contributed by atoms with Crippen molar-refractivity contribution in [2.75, 3.05) is 6.61 Å². The van der Waals surface area contributed by atoms with Gasteiger partial charge in [-0.1, -0.05) is 5.11 Å². The van der Waals surface area contributed by atoms with Crippen molar-refractivity contribution in [3.05, 3.63) is 39.4 Å². The lowest BCUT2D eigenvalue weighted by Crippen LogP contribution is -2.35. The maximum atomic E-state index is 10.9. The summed E-state index contributed by atoms with van der Waals surface area (Å²) in [6, 6.07) is -0.415. The highest BCUT2D eigenvalue weighted by atomic mass is 32.1. The standard InChI is InChI=1S/C12H14N4O3S/c1-7-14-11(6-20-7)12-4-9(15-16-13)3-10(19-12)5-18-8(2)17/h3-4,6,9-10,12H,5H2,1-2H3. The summed E-state index contributed by atoms with van der Waals surface area (Å²) in [5.41, 5.74) is 9.33. The van der Waals surface area contributed by atoms with Gasteiger partial charge in [0.1, 0.15) is 12.7 Å². The predicted octanol–water partition coefficient (Wildman–Crippen LogP) is 2.54. The monoisotopic (exact) mass is 294 g/mol. The van der Waals surface area contributed by atoms with Gasteiger partial charge in [-0.3, -0.25) is 4.79 Å². The molecule has 8 heteroatoms. The van der Waals surface area contributed by atoms with Crippen LogP contribution in [0.15, 0.2) is 10.5 Å². The molecule has 106 valence electrons. The van der Waals surface area contributed by atoms with Gasteiger partial charge in [-0.05, 0) is 12.5 Å². The lowest BCUT2D eigenvalue weighted by molar-refractivity contribution is -0.146. The van der Waals surface area contributed by atoms with Crippen LogP contribution < -0.4 is 0 Å². The summed E-state index contributed by atoms with van der Waals surface area (Å²) < 4.78 is 10.7. The average molecular weight is 294 g/mol. The third kappa shape index (κ3) is 3.93. The van der Waals surface area contributed by atoms with Gasteiger partial charge in [-0.15, -0.1) is 11.3 Å². The molecule has 1 aromatic heterocycles. The molecule has 0 aliphatic carbocycles. The number of azide groups is 1. The van der Waals surface area contributed by atoms with Crippen LogP contribution >= 0.6 is 11.3 Å². The van der Waals surface area contributed by atoms with Crippen molar-refractivity contribution in [2.24, 2.45) is 5.11 Å². The topological polar surface area (TPSA) is 97.2 Å². The molecule has 20 heavy (non-hydrogen) atoms. The third-order valence-corrected chi connectivity index (χ3v) is 3.46. The highest BCUT2D eigenvalue weighted by Gasteiger charge is 2.32. The summed E-state index contributed by atoms with van der Waals surface area (Å²) in [6.07, 6.45) is 2.68. The second kappa shape index (κ2) is 6.69. The van der Waals surface area contributed by atoms with Gasteiger partial charge in [-0.25, -0.2) is 4.98 Å². The van der Waals surface area contributed by atoms with Gasteiger partial charge in [-0.2, -0.15) is 0 Å². The number of esters is 1. The van der Waals surface area contributed by atoms with Crippen LogP contribution in [0.3, 0.4) is 0 Å². The first kappa shape index (κ1) is 14.8. The van der Waals surface area contributed by atoms with Crippen molar-refractivity contribution < 1.29 is 14.3 Å². The number of nitrogens with zero attached hydrogens (tertiary/aromatic N) is 4. The lowest BCUT2D eigenvalue weighted by atomic mass is 9.98. The highest BCUT2D eigenvalue weighted by Crippen LogP contribution is 2.32. The number of ether oxygens (including phenoxy) is 2. The van der Waals surface area contributed by atoms with Gasteiger partial charge < -0.3 is 9.47 Å². The molecule has 1 aliphatic rings. The molecule has 0 bridgehead atoms. The highest BCUT2D eigenvalue weighted by molar-refractivity contribution is 7.09. The van der Waals surface area contributed by atoms with Crippen LogP contribution in [-0.2, 0) is 14.3 Å². The molecule has 2 rings (SSSR count). The first-order valence-electron chi connectivity index (χ1n) is 6.03. The molecular formula is C12H14N4O3S. The Bertz CT molecular complexity index is 527. The summed E-state index contributed by atoms with van der Waals surface area (Å²) in [5, 5.41) is 6.50. The van der Waals surface area contributed by atoms with Gasteiger partial charge in [0.25, 0.3) is 0 Å². The number of hydrogen-bond acceptors (Lipinski definition) is 6. The zero-order valence-corrected chi connectivity index (χ0v) is 11.9. The molecule has 3 atom stereocenters. The summed E-state index contributed by atoms with van der Waals surface area (Å²) >= 11 is 1.52. The van der Waals surface area contributed by atoms with E-state index in [4.69, 9.17) is 15.0 Å². The van der Waals surface area contributed by atoms with E-state index in [1.54, 1.807) is 12.8 Å². The molecule has 2 radical (unpaired) electrons. The smallest absolute Gasteiger partial charge is 0.302 e. The number of aryl methyl sites for hydroxylation is 1. The van der Waals surface area contributed by atoms with Crippen molar-refractivity contribution in [1.82, 2.24) is 4.98 Å². The summed E-state index contributed by atoms with van der Waals surface area (Å²) in [7, 11) is 0. The number of hydrogen-bond donors (Lipinski definition) is 0. The summed E-state index contributed by atoms with van der Waals surface area (Å²) in [5.74, 6) is -0.377. The number of rotatable bonds is 4. The van der Waals surface area contributed by atoms with Crippen LogP contribution in [0.1, 0.15) is 23.7 Å². The minimum Gasteiger partial charge on any atom is -0.463 e. The van der Waals surface area contributed by atoms with E-state index in [1.165, 1.54) is 18.3 Å². The Hall–Kier alpha value is -1.63. The molecule has 0 aromatic carbocycles. The van der Waals surface area contributed by atoms with Crippen molar-refractivity contribution in [2.45, 2.75) is 32.1 Å². The minimum atomic E-state index is -0.425. The Morgan fingerprint density at radius 2 is 2.45 bits per heavy atom. The Morgan fingerprint density at radius 3 is 3.05 bits per heavy atom. The quantitative estimate of drug-likeness (QED) is 0.369. The van der Waals surface area contributed by atoms with Crippen LogP contribution in [-0.4, -0.2) is 29.7 Å². The third-order valence-electron chi connectivity index (χ3n) is 2.67.